The fraction of sp³-hybridized carbons (Fsp3) is 0.406. The second kappa shape index (κ2) is 11.7. The SMILES string of the molecule is CCCc1cc(C)[nH]c(=O)c1CNC(=O)c1cc(-c2cncc(N3CCNCC3)c2)cc2c1c(C)cn2C(C)C. The fourth-order valence-electron chi connectivity index (χ4n) is 5.78. The maximum Gasteiger partial charge on any atom is 0.253 e. The summed E-state index contributed by atoms with van der Waals surface area (Å²) >= 11 is 0. The van der Waals surface area contributed by atoms with Crippen molar-refractivity contribution in [2.75, 3.05) is 31.1 Å². The Bertz CT molecular complexity index is 1590. The van der Waals surface area contributed by atoms with Crippen LogP contribution in [-0.4, -0.2) is 46.6 Å². The maximum atomic E-state index is 13.8. The van der Waals surface area contributed by atoms with Crippen LogP contribution in [0.4, 0.5) is 5.69 Å². The minimum atomic E-state index is -0.190. The van der Waals surface area contributed by atoms with Gasteiger partial charge in [-0.05, 0) is 75.1 Å². The Balaban J connectivity index is 1.56. The van der Waals surface area contributed by atoms with Crippen molar-refractivity contribution >= 4 is 22.5 Å². The van der Waals surface area contributed by atoms with Gasteiger partial charge in [0.25, 0.3) is 11.5 Å². The molecular formula is C32H40N6O2. The predicted molar refractivity (Wildman–Crippen MR) is 162 cm³/mol. The summed E-state index contributed by atoms with van der Waals surface area (Å²) < 4.78 is 2.22. The largest absolute Gasteiger partial charge is 0.368 e. The molecule has 5 rings (SSSR count). The number of hydrogen-bond donors (Lipinski definition) is 3. The zero-order chi connectivity index (χ0) is 28.4. The smallest absolute Gasteiger partial charge is 0.253 e. The van der Waals surface area contributed by atoms with Crippen molar-refractivity contribution in [1.82, 2.24) is 25.2 Å². The summed E-state index contributed by atoms with van der Waals surface area (Å²) in [7, 11) is 0. The van der Waals surface area contributed by atoms with E-state index in [2.05, 4.69) is 69.2 Å². The Labute approximate surface area is 235 Å². The molecular weight excluding hydrogens is 500 g/mol. The molecule has 210 valence electrons. The van der Waals surface area contributed by atoms with Crippen LogP contribution < -0.4 is 21.1 Å². The minimum Gasteiger partial charge on any atom is -0.368 e. The van der Waals surface area contributed by atoms with Gasteiger partial charge in [-0.15, -0.1) is 0 Å². The highest BCUT2D eigenvalue weighted by atomic mass is 16.1. The number of pyridine rings is 2. The number of hydrogen-bond acceptors (Lipinski definition) is 5. The fourth-order valence-corrected chi connectivity index (χ4v) is 5.78. The number of benzene rings is 1. The molecule has 8 heteroatoms. The highest BCUT2D eigenvalue weighted by Gasteiger charge is 2.20. The molecule has 3 aromatic heterocycles. The number of piperazine rings is 1. The number of fused-ring (bicyclic) bond motifs is 1. The molecule has 4 heterocycles. The van der Waals surface area contributed by atoms with E-state index in [4.69, 9.17) is 0 Å². The normalized spacial score (nSPS) is 13.8. The van der Waals surface area contributed by atoms with E-state index in [0.29, 0.717) is 11.1 Å². The van der Waals surface area contributed by atoms with Crippen LogP contribution in [-0.2, 0) is 13.0 Å². The van der Waals surface area contributed by atoms with Crippen molar-refractivity contribution in [2.45, 2.75) is 60.0 Å². The Kier molecular flexibility index (Phi) is 8.07. The van der Waals surface area contributed by atoms with E-state index in [-0.39, 0.29) is 24.1 Å². The Morgan fingerprint density at radius 2 is 1.85 bits per heavy atom. The first-order chi connectivity index (χ1) is 19.3. The molecule has 0 aliphatic carbocycles. The van der Waals surface area contributed by atoms with Crippen LogP contribution in [0.2, 0.25) is 0 Å². The molecule has 0 spiro atoms. The number of carbonyl (C=O) groups is 1. The summed E-state index contributed by atoms with van der Waals surface area (Å²) in [4.78, 5) is 36.5. The molecule has 8 nitrogen and oxygen atoms in total. The van der Waals surface area contributed by atoms with E-state index in [0.717, 1.165) is 83.6 Å². The lowest BCUT2D eigenvalue weighted by molar-refractivity contribution is 0.0952. The third kappa shape index (κ3) is 5.54. The molecule has 1 amide bonds. The van der Waals surface area contributed by atoms with Gasteiger partial charge in [0.05, 0.1) is 11.9 Å². The summed E-state index contributed by atoms with van der Waals surface area (Å²) in [5, 5.41) is 7.41. The van der Waals surface area contributed by atoms with Gasteiger partial charge >= 0.3 is 0 Å². The van der Waals surface area contributed by atoms with Crippen molar-refractivity contribution in [3.05, 3.63) is 81.2 Å². The molecule has 3 N–H and O–H groups in total. The number of H-pyrrole nitrogens is 1. The summed E-state index contributed by atoms with van der Waals surface area (Å²) in [5.41, 5.74) is 7.98. The standard InChI is InChI=1S/C32H40N6O2/c1-6-7-23-12-22(5)36-32(40)28(23)18-35-31(39)27-14-24(15-29-30(27)21(4)19-38(29)20(2)3)25-13-26(17-34-16-25)37-10-8-33-9-11-37/h12-17,19-20,33H,6-11,18H2,1-5H3,(H,35,39)(H,36,40). The van der Waals surface area contributed by atoms with Crippen LogP contribution in [0.15, 0.2) is 47.7 Å². The number of nitrogens with zero attached hydrogens (tertiary/aromatic N) is 3. The topological polar surface area (TPSA) is 95.0 Å². The third-order valence-corrected chi connectivity index (χ3v) is 7.77. The Morgan fingerprint density at radius 3 is 2.58 bits per heavy atom. The van der Waals surface area contributed by atoms with Gasteiger partial charge in [0.15, 0.2) is 0 Å². The van der Waals surface area contributed by atoms with Gasteiger partial charge in [0.2, 0.25) is 0 Å². The quantitative estimate of drug-likeness (QED) is 0.296. The third-order valence-electron chi connectivity index (χ3n) is 7.77. The van der Waals surface area contributed by atoms with Crippen LogP contribution >= 0.6 is 0 Å². The molecule has 0 unspecified atom stereocenters. The Morgan fingerprint density at radius 1 is 1.07 bits per heavy atom. The minimum absolute atomic E-state index is 0.138. The summed E-state index contributed by atoms with van der Waals surface area (Å²) in [6.07, 6.45) is 7.62. The molecule has 0 saturated carbocycles. The number of nitrogens with one attached hydrogen (secondary N) is 3. The average Bonchev–Trinajstić information content (AvgIpc) is 3.29. The van der Waals surface area contributed by atoms with E-state index in [1.165, 1.54) is 0 Å². The average molecular weight is 541 g/mol. The lowest BCUT2D eigenvalue weighted by Gasteiger charge is -2.29. The van der Waals surface area contributed by atoms with Crippen molar-refractivity contribution in [3.63, 3.8) is 0 Å². The zero-order valence-electron chi connectivity index (χ0n) is 24.2. The first kappa shape index (κ1) is 27.6. The predicted octanol–water partition coefficient (Wildman–Crippen LogP) is 4.88. The number of aryl methyl sites for hydroxylation is 3. The van der Waals surface area contributed by atoms with Gasteiger partial charge in [0.1, 0.15) is 0 Å². The van der Waals surface area contributed by atoms with E-state index >= 15 is 0 Å². The number of aromatic nitrogens is 3. The van der Waals surface area contributed by atoms with E-state index in [1.54, 1.807) is 0 Å². The second-order valence-electron chi connectivity index (χ2n) is 11.1. The van der Waals surface area contributed by atoms with Crippen molar-refractivity contribution < 1.29 is 4.79 Å². The van der Waals surface area contributed by atoms with Crippen LogP contribution in [0.25, 0.3) is 22.0 Å². The van der Waals surface area contributed by atoms with Crippen LogP contribution in [0.3, 0.4) is 0 Å². The lowest BCUT2D eigenvalue weighted by Crippen LogP contribution is -2.43. The summed E-state index contributed by atoms with van der Waals surface area (Å²) in [5.74, 6) is -0.190. The van der Waals surface area contributed by atoms with Crippen LogP contribution in [0, 0.1) is 13.8 Å². The molecule has 0 atom stereocenters. The van der Waals surface area contributed by atoms with Crippen molar-refractivity contribution in [1.29, 1.82) is 0 Å². The van der Waals surface area contributed by atoms with Gasteiger partial charge in [-0.1, -0.05) is 13.3 Å². The van der Waals surface area contributed by atoms with Gasteiger partial charge in [-0.25, -0.2) is 0 Å². The van der Waals surface area contributed by atoms with Crippen molar-refractivity contribution in [2.24, 2.45) is 0 Å². The van der Waals surface area contributed by atoms with Gasteiger partial charge < -0.3 is 25.1 Å². The molecule has 4 aromatic rings. The van der Waals surface area contributed by atoms with Gasteiger partial charge in [0, 0.05) is 84.4 Å². The van der Waals surface area contributed by atoms with Gasteiger partial charge in [-0.2, -0.15) is 0 Å². The maximum absolute atomic E-state index is 13.8. The molecule has 1 aromatic carbocycles. The number of aromatic amines is 1. The molecule has 1 fully saturated rings. The number of anilines is 1. The molecule has 40 heavy (non-hydrogen) atoms. The van der Waals surface area contributed by atoms with E-state index in [1.807, 2.05) is 38.4 Å². The Hall–Kier alpha value is -3.91. The highest BCUT2D eigenvalue weighted by Crippen LogP contribution is 2.34. The highest BCUT2D eigenvalue weighted by molar-refractivity contribution is 6.09. The molecule has 0 radical (unpaired) electrons. The summed E-state index contributed by atoms with van der Waals surface area (Å²) in [6, 6.07) is 8.55. The second-order valence-corrected chi connectivity index (χ2v) is 11.1. The first-order valence-electron chi connectivity index (χ1n) is 14.3. The lowest BCUT2D eigenvalue weighted by atomic mass is 9.98. The number of rotatable bonds is 8. The number of amides is 1. The van der Waals surface area contributed by atoms with Gasteiger partial charge in [-0.3, -0.25) is 14.6 Å². The van der Waals surface area contributed by atoms with Crippen LogP contribution in [0.1, 0.15) is 66.0 Å². The molecule has 1 aliphatic heterocycles. The van der Waals surface area contributed by atoms with Crippen molar-refractivity contribution in [3.8, 4) is 11.1 Å². The first-order valence-corrected chi connectivity index (χ1v) is 14.3. The van der Waals surface area contributed by atoms with E-state index < -0.39 is 0 Å². The molecule has 1 saturated heterocycles. The number of carbonyl (C=O) groups excluding carboxylic acids is 1. The molecule has 0 bridgehead atoms. The monoisotopic (exact) mass is 540 g/mol. The zero-order valence-corrected chi connectivity index (χ0v) is 24.2. The molecule has 1 aliphatic rings. The van der Waals surface area contributed by atoms with E-state index in [9.17, 15) is 9.59 Å². The summed E-state index contributed by atoms with van der Waals surface area (Å²) in [6.45, 7) is 14.3. The van der Waals surface area contributed by atoms with Crippen LogP contribution in [0.5, 0.6) is 0 Å².